The normalized spacial score (nSPS) is 20.7. The second kappa shape index (κ2) is 7.71. The lowest BCUT2D eigenvalue weighted by Crippen LogP contribution is -2.47. The number of likely N-dealkylation sites (N-methyl/N-ethyl adjacent to an activating group) is 1. The van der Waals surface area contributed by atoms with Crippen molar-refractivity contribution in [3.8, 4) is 5.88 Å². The number of hydrogen-bond donors (Lipinski definition) is 1. The van der Waals surface area contributed by atoms with Crippen molar-refractivity contribution in [1.29, 1.82) is 0 Å². The van der Waals surface area contributed by atoms with Gasteiger partial charge in [0, 0.05) is 26.2 Å². The topological polar surface area (TPSA) is 96.7 Å². The maximum absolute atomic E-state index is 11.6. The van der Waals surface area contributed by atoms with E-state index in [0.29, 0.717) is 0 Å². The van der Waals surface area contributed by atoms with E-state index in [-0.39, 0.29) is 23.5 Å². The van der Waals surface area contributed by atoms with E-state index >= 15 is 0 Å². The minimum Gasteiger partial charge on any atom is -0.469 e. The Morgan fingerprint density at radius 1 is 1.21 bits per heavy atom. The van der Waals surface area contributed by atoms with Crippen molar-refractivity contribution in [3.63, 3.8) is 0 Å². The molecule has 9 heteroatoms. The lowest BCUT2D eigenvalue weighted by Gasteiger charge is -2.32. The summed E-state index contributed by atoms with van der Waals surface area (Å²) in [5, 5.41) is 13.5. The number of hydrogen-bond acceptors (Lipinski definition) is 8. The number of nitrogens with one attached hydrogen (secondary N) is 1. The van der Waals surface area contributed by atoms with Crippen molar-refractivity contribution in [2.45, 2.75) is 38.2 Å². The first-order valence-corrected chi connectivity index (χ1v) is 8.49. The molecule has 0 unspecified atom stereocenters. The van der Waals surface area contributed by atoms with Crippen LogP contribution in [0.4, 0.5) is 11.5 Å². The molecule has 0 radical (unpaired) electrons. The van der Waals surface area contributed by atoms with Gasteiger partial charge in [0.2, 0.25) is 5.82 Å². The van der Waals surface area contributed by atoms with Gasteiger partial charge in [0.15, 0.2) is 0 Å². The molecule has 1 aromatic rings. The molecule has 132 valence electrons. The fraction of sp³-hybridized carbons (Fsp3) is 0.733. The van der Waals surface area contributed by atoms with Crippen molar-refractivity contribution < 1.29 is 9.66 Å². The molecule has 2 aliphatic rings. The zero-order valence-corrected chi connectivity index (χ0v) is 14.0. The van der Waals surface area contributed by atoms with Crippen LogP contribution in [0.3, 0.4) is 0 Å². The molecule has 3 rings (SSSR count). The molecule has 1 saturated carbocycles. The molecule has 0 spiro atoms. The summed E-state index contributed by atoms with van der Waals surface area (Å²) < 4.78 is 5.84. The van der Waals surface area contributed by atoms with Crippen LogP contribution in [0.25, 0.3) is 0 Å². The Morgan fingerprint density at radius 3 is 2.58 bits per heavy atom. The Balaban J connectivity index is 1.75. The van der Waals surface area contributed by atoms with Gasteiger partial charge in [-0.1, -0.05) is 6.42 Å². The van der Waals surface area contributed by atoms with Crippen LogP contribution in [-0.4, -0.2) is 64.1 Å². The molecule has 24 heavy (non-hydrogen) atoms. The summed E-state index contributed by atoms with van der Waals surface area (Å²) in [4.78, 5) is 21.4. The monoisotopic (exact) mass is 336 g/mol. The quantitative estimate of drug-likeness (QED) is 0.641. The fourth-order valence-electron chi connectivity index (χ4n) is 3.10. The van der Waals surface area contributed by atoms with Crippen molar-refractivity contribution in [3.05, 3.63) is 16.4 Å². The smallest absolute Gasteiger partial charge is 0.374 e. The van der Waals surface area contributed by atoms with Crippen molar-refractivity contribution in [2.24, 2.45) is 0 Å². The number of anilines is 1. The minimum absolute atomic E-state index is 0.00355. The van der Waals surface area contributed by atoms with E-state index in [1.54, 1.807) is 0 Å². The summed E-state index contributed by atoms with van der Waals surface area (Å²) in [6.07, 6.45) is 6.55. The number of piperazine rings is 1. The summed E-state index contributed by atoms with van der Waals surface area (Å²) in [6.45, 7) is 3.35. The Morgan fingerprint density at radius 2 is 1.92 bits per heavy atom. The Bertz CT molecular complexity index is 570. The van der Waals surface area contributed by atoms with E-state index in [2.05, 4.69) is 27.3 Å². The van der Waals surface area contributed by atoms with Gasteiger partial charge in [0.05, 0.1) is 4.92 Å². The summed E-state index contributed by atoms with van der Waals surface area (Å²) in [5.41, 5.74) is 2.88. The van der Waals surface area contributed by atoms with E-state index in [1.807, 2.05) is 5.01 Å². The summed E-state index contributed by atoms with van der Waals surface area (Å²) in [7, 11) is 2.06. The molecule has 1 aromatic heterocycles. The van der Waals surface area contributed by atoms with Gasteiger partial charge in [0.25, 0.3) is 5.88 Å². The highest BCUT2D eigenvalue weighted by Crippen LogP contribution is 2.33. The molecule has 1 saturated heterocycles. The highest BCUT2D eigenvalue weighted by Gasteiger charge is 2.28. The number of nitrogens with zero attached hydrogens (tertiary/aromatic N) is 5. The number of hydrazine groups is 1. The molecule has 1 aliphatic carbocycles. The highest BCUT2D eigenvalue weighted by molar-refractivity contribution is 5.60. The Hall–Kier alpha value is -2.00. The molecular formula is C15H24N6O3. The zero-order chi connectivity index (χ0) is 16.9. The fourth-order valence-corrected chi connectivity index (χ4v) is 3.10. The number of nitro groups is 1. The first-order valence-electron chi connectivity index (χ1n) is 8.49. The van der Waals surface area contributed by atoms with E-state index in [0.717, 1.165) is 51.9 Å². The molecule has 0 bridgehead atoms. The van der Waals surface area contributed by atoms with Crippen LogP contribution >= 0.6 is 0 Å². The molecule has 2 heterocycles. The predicted molar refractivity (Wildman–Crippen MR) is 88.9 cm³/mol. The SMILES string of the molecule is CN1CCN(Nc2ncnc(OC3CCCCC3)c2[N+](=O)[O-])CC1. The van der Waals surface area contributed by atoms with Gasteiger partial charge in [-0.2, -0.15) is 4.98 Å². The highest BCUT2D eigenvalue weighted by atomic mass is 16.6. The molecule has 1 N–H and O–H groups in total. The summed E-state index contributed by atoms with van der Waals surface area (Å²) >= 11 is 0. The van der Waals surface area contributed by atoms with Gasteiger partial charge in [-0.15, -0.1) is 0 Å². The van der Waals surface area contributed by atoms with Gasteiger partial charge < -0.3 is 9.64 Å². The van der Waals surface area contributed by atoms with Crippen LogP contribution < -0.4 is 10.2 Å². The third-order valence-electron chi connectivity index (χ3n) is 4.57. The van der Waals surface area contributed by atoms with Crippen LogP contribution in [0, 0.1) is 10.1 Å². The average Bonchev–Trinajstić information content (AvgIpc) is 2.58. The lowest BCUT2D eigenvalue weighted by molar-refractivity contribution is -0.385. The largest absolute Gasteiger partial charge is 0.469 e. The van der Waals surface area contributed by atoms with Crippen molar-refractivity contribution in [1.82, 2.24) is 19.9 Å². The van der Waals surface area contributed by atoms with Crippen LogP contribution in [-0.2, 0) is 0 Å². The van der Waals surface area contributed by atoms with Crippen LogP contribution in [0.2, 0.25) is 0 Å². The van der Waals surface area contributed by atoms with Crippen LogP contribution in [0.1, 0.15) is 32.1 Å². The molecule has 9 nitrogen and oxygen atoms in total. The van der Waals surface area contributed by atoms with Crippen molar-refractivity contribution in [2.75, 3.05) is 38.7 Å². The maximum Gasteiger partial charge on any atom is 0.374 e. The Labute approximate surface area is 141 Å². The second-order valence-corrected chi connectivity index (χ2v) is 6.41. The van der Waals surface area contributed by atoms with Crippen LogP contribution in [0.5, 0.6) is 5.88 Å². The standard InChI is InChI=1S/C15H24N6O3/c1-19-7-9-20(10-8-19)18-14-13(21(22)23)15(17-11-16-14)24-12-5-3-2-4-6-12/h11-12H,2-10H2,1H3,(H,16,17,18). The van der Waals surface area contributed by atoms with Gasteiger partial charge in [-0.25, -0.2) is 9.99 Å². The van der Waals surface area contributed by atoms with Gasteiger partial charge in [-0.3, -0.25) is 15.5 Å². The average molecular weight is 336 g/mol. The van der Waals surface area contributed by atoms with Crippen LogP contribution in [0.15, 0.2) is 6.33 Å². The zero-order valence-electron chi connectivity index (χ0n) is 14.0. The summed E-state index contributed by atoms with van der Waals surface area (Å²) in [6, 6.07) is 0. The van der Waals surface area contributed by atoms with Gasteiger partial charge >= 0.3 is 5.69 Å². The predicted octanol–water partition coefficient (Wildman–Crippen LogP) is 1.67. The van der Waals surface area contributed by atoms with E-state index < -0.39 is 4.92 Å². The molecule has 2 fully saturated rings. The first-order chi connectivity index (χ1) is 11.6. The van der Waals surface area contributed by atoms with E-state index in [4.69, 9.17) is 4.74 Å². The lowest BCUT2D eigenvalue weighted by atomic mass is 9.98. The third kappa shape index (κ3) is 4.09. The maximum atomic E-state index is 11.6. The molecule has 0 aromatic carbocycles. The molecule has 1 aliphatic heterocycles. The second-order valence-electron chi connectivity index (χ2n) is 6.41. The van der Waals surface area contributed by atoms with E-state index in [9.17, 15) is 10.1 Å². The minimum atomic E-state index is -0.462. The number of ether oxygens (including phenoxy) is 1. The van der Waals surface area contributed by atoms with Gasteiger partial charge in [0.1, 0.15) is 12.4 Å². The van der Waals surface area contributed by atoms with Crippen molar-refractivity contribution >= 4 is 11.5 Å². The third-order valence-corrected chi connectivity index (χ3v) is 4.57. The Kier molecular flexibility index (Phi) is 5.41. The van der Waals surface area contributed by atoms with Gasteiger partial charge in [-0.05, 0) is 32.7 Å². The molecule has 0 amide bonds. The van der Waals surface area contributed by atoms with E-state index in [1.165, 1.54) is 12.7 Å². The first kappa shape index (κ1) is 16.8. The molecular weight excluding hydrogens is 312 g/mol. The summed E-state index contributed by atoms with van der Waals surface area (Å²) in [5.74, 6) is 0.267. The molecule has 0 atom stereocenters. The number of rotatable bonds is 5. The number of aromatic nitrogens is 2.